The van der Waals surface area contributed by atoms with E-state index >= 15 is 0 Å². The average Bonchev–Trinajstić information content (AvgIpc) is 2.48. The molecule has 0 heterocycles. The molecule has 0 spiro atoms. The van der Waals surface area contributed by atoms with Crippen LogP contribution >= 0.6 is 0 Å². The highest BCUT2D eigenvalue weighted by Crippen LogP contribution is 2.25. The summed E-state index contributed by atoms with van der Waals surface area (Å²) in [5.74, 6) is -0.161. The van der Waals surface area contributed by atoms with Gasteiger partial charge >= 0.3 is 6.03 Å². The smallest absolute Gasteiger partial charge is 0.319 e. The Bertz CT molecular complexity index is 468. The molecule has 1 rings (SSSR count). The minimum atomic E-state index is -0.657. The number of hydrogen-bond donors (Lipinski definition) is 3. The van der Waals surface area contributed by atoms with Crippen LogP contribution in [0, 0.1) is 5.82 Å². The lowest BCUT2D eigenvalue weighted by atomic mass is 9.94. The van der Waals surface area contributed by atoms with Crippen molar-refractivity contribution in [3.8, 4) is 5.75 Å². The largest absolute Gasteiger partial charge is 0.492 e. The van der Waals surface area contributed by atoms with E-state index in [1.165, 1.54) is 18.2 Å². The van der Waals surface area contributed by atoms with Gasteiger partial charge < -0.3 is 20.5 Å². The van der Waals surface area contributed by atoms with E-state index in [0.29, 0.717) is 25.1 Å². The Labute approximate surface area is 124 Å². The Morgan fingerprint density at radius 2 is 2.00 bits per heavy atom. The number of rotatable bonds is 7. The molecule has 118 valence electrons. The fourth-order valence-corrected chi connectivity index (χ4v) is 1.96. The molecule has 0 aliphatic heterocycles. The van der Waals surface area contributed by atoms with Crippen LogP contribution in [0.3, 0.4) is 0 Å². The molecule has 0 aliphatic rings. The van der Waals surface area contributed by atoms with E-state index in [1.54, 1.807) is 6.92 Å². The van der Waals surface area contributed by atoms with Gasteiger partial charge in [0.2, 0.25) is 0 Å². The Morgan fingerprint density at radius 1 is 1.33 bits per heavy atom. The summed E-state index contributed by atoms with van der Waals surface area (Å²) >= 11 is 0. The van der Waals surface area contributed by atoms with Gasteiger partial charge in [-0.1, -0.05) is 13.8 Å². The lowest BCUT2D eigenvalue weighted by Crippen LogP contribution is -2.52. The first-order valence-electron chi connectivity index (χ1n) is 7.12. The number of amides is 2. The van der Waals surface area contributed by atoms with Crippen LogP contribution in [0.4, 0.5) is 14.9 Å². The number of carbonyl (C=O) groups excluding carboxylic acids is 1. The van der Waals surface area contributed by atoms with Crippen molar-refractivity contribution in [3.05, 3.63) is 24.0 Å². The second-order valence-corrected chi connectivity index (χ2v) is 4.80. The molecule has 5 nitrogen and oxygen atoms in total. The van der Waals surface area contributed by atoms with E-state index in [4.69, 9.17) is 4.74 Å². The predicted octanol–water partition coefficient (Wildman–Crippen LogP) is 2.90. The normalized spacial score (nSPS) is 11.1. The SMILES string of the molecule is CCOc1cc(F)ccc1NC(=O)NC(CC)(CC)CO. The highest BCUT2D eigenvalue weighted by molar-refractivity contribution is 5.91. The summed E-state index contributed by atoms with van der Waals surface area (Å²) in [6.07, 6.45) is 1.21. The molecular formula is C15H23FN2O3. The number of halogens is 1. The van der Waals surface area contributed by atoms with E-state index in [9.17, 15) is 14.3 Å². The van der Waals surface area contributed by atoms with Gasteiger partial charge in [0, 0.05) is 6.07 Å². The molecule has 3 N–H and O–H groups in total. The van der Waals surface area contributed by atoms with Crippen molar-refractivity contribution >= 4 is 11.7 Å². The van der Waals surface area contributed by atoms with Crippen molar-refractivity contribution in [1.82, 2.24) is 5.32 Å². The number of urea groups is 1. The van der Waals surface area contributed by atoms with Crippen molar-refractivity contribution in [2.75, 3.05) is 18.5 Å². The van der Waals surface area contributed by atoms with Crippen molar-refractivity contribution < 1.29 is 19.0 Å². The molecule has 0 radical (unpaired) electrons. The number of aliphatic hydroxyl groups excluding tert-OH is 1. The van der Waals surface area contributed by atoms with Gasteiger partial charge in [-0.25, -0.2) is 9.18 Å². The van der Waals surface area contributed by atoms with Crippen LogP contribution in [-0.2, 0) is 0 Å². The van der Waals surface area contributed by atoms with Crippen LogP contribution in [0.2, 0.25) is 0 Å². The monoisotopic (exact) mass is 298 g/mol. The first-order valence-corrected chi connectivity index (χ1v) is 7.12. The van der Waals surface area contributed by atoms with Crippen molar-refractivity contribution in [2.45, 2.75) is 39.2 Å². The highest BCUT2D eigenvalue weighted by atomic mass is 19.1. The Hall–Kier alpha value is -1.82. The van der Waals surface area contributed by atoms with Gasteiger partial charge in [0.25, 0.3) is 0 Å². The van der Waals surface area contributed by atoms with Crippen molar-refractivity contribution in [1.29, 1.82) is 0 Å². The maximum atomic E-state index is 13.2. The van der Waals surface area contributed by atoms with Crippen LogP contribution in [-0.4, -0.2) is 29.9 Å². The van der Waals surface area contributed by atoms with E-state index in [0.717, 1.165) is 0 Å². The molecule has 0 fully saturated rings. The van der Waals surface area contributed by atoms with Crippen LogP contribution in [0.25, 0.3) is 0 Å². The summed E-state index contributed by atoms with van der Waals surface area (Å²) in [6.45, 7) is 5.78. The number of ether oxygens (including phenoxy) is 1. The Kier molecular flexibility index (Phi) is 6.42. The number of nitrogens with one attached hydrogen (secondary N) is 2. The third-order valence-corrected chi connectivity index (χ3v) is 3.53. The predicted molar refractivity (Wildman–Crippen MR) is 80.1 cm³/mol. The van der Waals surface area contributed by atoms with E-state index in [-0.39, 0.29) is 12.4 Å². The number of aliphatic hydroxyl groups is 1. The molecule has 21 heavy (non-hydrogen) atoms. The van der Waals surface area contributed by atoms with Crippen molar-refractivity contribution in [2.24, 2.45) is 0 Å². The summed E-state index contributed by atoms with van der Waals surface area (Å²) < 4.78 is 18.5. The standard InChI is InChI=1S/C15H23FN2O3/c1-4-15(5-2,10-19)18-14(20)17-12-8-7-11(16)9-13(12)21-6-3/h7-9,19H,4-6,10H2,1-3H3,(H2,17,18,20). The van der Waals surface area contributed by atoms with Gasteiger partial charge in [-0.2, -0.15) is 0 Å². The maximum absolute atomic E-state index is 13.2. The number of anilines is 1. The molecule has 0 aliphatic carbocycles. The first-order chi connectivity index (χ1) is 10.00. The van der Waals surface area contributed by atoms with Crippen LogP contribution < -0.4 is 15.4 Å². The topological polar surface area (TPSA) is 70.6 Å². The molecule has 0 saturated carbocycles. The Balaban J connectivity index is 2.83. The van der Waals surface area contributed by atoms with E-state index in [1.807, 2.05) is 13.8 Å². The maximum Gasteiger partial charge on any atom is 0.319 e. The third kappa shape index (κ3) is 4.60. The summed E-state index contributed by atoms with van der Waals surface area (Å²) in [6, 6.07) is 3.45. The van der Waals surface area contributed by atoms with Crippen LogP contribution in [0.15, 0.2) is 18.2 Å². The Morgan fingerprint density at radius 3 is 2.52 bits per heavy atom. The number of carbonyl (C=O) groups is 1. The molecule has 2 amide bonds. The molecule has 1 aromatic carbocycles. The quantitative estimate of drug-likeness (QED) is 0.725. The zero-order chi connectivity index (χ0) is 15.9. The summed E-state index contributed by atoms with van der Waals surface area (Å²) in [5, 5.41) is 14.8. The lowest BCUT2D eigenvalue weighted by molar-refractivity contribution is 0.155. The lowest BCUT2D eigenvalue weighted by Gasteiger charge is -2.30. The molecular weight excluding hydrogens is 275 g/mol. The second-order valence-electron chi connectivity index (χ2n) is 4.80. The zero-order valence-corrected chi connectivity index (χ0v) is 12.7. The zero-order valence-electron chi connectivity index (χ0n) is 12.7. The minimum absolute atomic E-state index is 0.144. The van der Waals surface area contributed by atoms with Gasteiger partial charge in [0.1, 0.15) is 11.6 Å². The van der Waals surface area contributed by atoms with E-state index < -0.39 is 17.4 Å². The summed E-state index contributed by atoms with van der Waals surface area (Å²) in [5.41, 5.74) is -0.273. The van der Waals surface area contributed by atoms with Gasteiger partial charge in [0.15, 0.2) is 0 Å². The molecule has 0 aromatic heterocycles. The summed E-state index contributed by atoms with van der Waals surface area (Å²) in [7, 11) is 0. The molecule has 6 heteroatoms. The van der Waals surface area contributed by atoms with Crippen LogP contribution in [0.5, 0.6) is 5.75 Å². The molecule has 1 aromatic rings. The molecule has 0 saturated heterocycles. The van der Waals surface area contributed by atoms with E-state index in [2.05, 4.69) is 10.6 Å². The fraction of sp³-hybridized carbons (Fsp3) is 0.533. The average molecular weight is 298 g/mol. The second kappa shape index (κ2) is 7.83. The molecule has 0 unspecified atom stereocenters. The highest BCUT2D eigenvalue weighted by Gasteiger charge is 2.27. The van der Waals surface area contributed by atoms with Gasteiger partial charge in [-0.05, 0) is 31.9 Å². The van der Waals surface area contributed by atoms with Gasteiger partial charge in [0.05, 0.1) is 24.4 Å². The minimum Gasteiger partial charge on any atom is -0.492 e. The first kappa shape index (κ1) is 17.2. The molecule has 0 bridgehead atoms. The fourth-order valence-electron chi connectivity index (χ4n) is 1.96. The van der Waals surface area contributed by atoms with Crippen molar-refractivity contribution in [3.63, 3.8) is 0 Å². The third-order valence-electron chi connectivity index (χ3n) is 3.53. The number of benzene rings is 1. The van der Waals surface area contributed by atoms with Gasteiger partial charge in [-0.3, -0.25) is 0 Å². The van der Waals surface area contributed by atoms with Crippen LogP contribution in [0.1, 0.15) is 33.6 Å². The number of hydrogen-bond acceptors (Lipinski definition) is 3. The molecule has 0 atom stereocenters. The van der Waals surface area contributed by atoms with Gasteiger partial charge in [-0.15, -0.1) is 0 Å². The summed E-state index contributed by atoms with van der Waals surface area (Å²) in [4.78, 5) is 12.1.